The van der Waals surface area contributed by atoms with Crippen molar-refractivity contribution in [2.75, 3.05) is 26.4 Å². The number of benzene rings is 2. The predicted molar refractivity (Wildman–Crippen MR) is 265 cm³/mol. The van der Waals surface area contributed by atoms with E-state index in [-0.39, 0.29) is 0 Å². The molecule has 0 aliphatic heterocycles. The summed E-state index contributed by atoms with van der Waals surface area (Å²) in [5, 5.41) is 2.52. The van der Waals surface area contributed by atoms with Gasteiger partial charge in [0.1, 0.15) is 0 Å². The molecule has 0 saturated carbocycles. The van der Waals surface area contributed by atoms with Gasteiger partial charge in [-0.2, -0.15) is 0 Å². The van der Waals surface area contributed by atoms with Crippen molar-refractivity contribution in [1.29, 1.82) is 0 Å². The van der Waals surface area contributed by atoms with E-state index in [2.05, 4.69) is 77.9 Å². The van der Waals surface area contributed by atoms with Crippen LogP contribution < -0.4 is 0 Å². The molecule has 0 radical (unpaired) electrons. The number of rotatable bonds is 30. The number of ether oxygens (including phenoxy) is 4. The zero-order valence-electron chi connectivity index (χ0n) is 38.7. The Morgan fingerprint density at radius 1 is 0.410 bits per heavy atom. The number of hydrogen-bond donors (Lipinski definition) is 0. The molecule has 2 aliphatic carbocycles. The summed E-state index contributed by atoms with van der Waals surface area (Å²) >= 11 is 5.88. The van der Waals surface area contributed by atoms with E-state index < -0.39 is 11.6 Å². The van der Waals surface area contributed by atoms with Crippen molar-refractivity contribution in [2.24, 2.45) is 0 Å². The number of thiophene rings is 3. The van der Waals surface area contributed by atoms with Crippen molar-refractivity contribution >= 4 is 54.2 Å². The zero-order chi connectivity index (χ0) is 42.7. The van der Waals surface area contributed by atoms with E-state index >= 15 is 0 Å². The summed E-state index contributed by atoms with van der Waals surface area (Å²) in [6, 6.07) is 14.2. The minimum atomic E-state index is -0.921. The Labute approximate surface area is 381 Å². The van der Waals surface area contributed by atoms with E-state index in [1.165, 1.54) is 190 Å². The van der Waals surface area contributed by atoms with E-state index in [1.54, 1.807) is 0 Å². The molecule has 0 N–H and O–H groups in total. The van der Waals surface area contributed by atoms with Crippen molar-refractivity contribution in [3.8, 4) is 20.9 Å². The van der Waals surface area contributed by atoms with Crippen LogP contribution in [0, 0.1) is 0 Å². The van der Waals surface area contributed by atoms with Crippen molar-refractivity contribution in [1.82, 2.24) is 0 Å². The molecular formula is C54H76O4S3. The lowest BCUT2D eigenvalue weighted by molar-refractivity contribution is -0.210. The molecule has 0 fully saturated rings. The molecule has 5 aromatic rings. The van der Waals surface area contributed by atoms with Crippen LogP contribution >= 0.6 is 34.0 Å². The van der Waals surface area contributed by atoms with Crippen LogP contribution in [0.5, 0.6) is 0 Å². The third-order valence-corrected chi connectivity index (χ3v) is 16.9. The Morgan fingerprint density at radius 3 is 1.33 bits per heavy atom. The summed E-state index contributed by atoms with van der Waals surface area (Å²) in [5.41, 5.74) is 7.25. The topological polar surface area (TPSA) is 36.9 Å². The Morgan fingerprint density at radius 2 is 0.836 bits per heavy atom. The molecule has 7 rings (SSSR count). The average Bonchev–Trinajstić information content (AvgIpc) is 4.05. The Balaban J connectivity index is 1.17. The van der Waals surface area contributed by atoms with Crippen LogP contribution in [0.3, 0.4) is 0 Å². The number of unbranched alkanes of at least 4 members (excludes halogenated alkanes) is 18. The maximum absolute atomic E-state index is 6.87. The van der Waals surface area contributed by atoms with Gasteiger partial charge in [0.15, 0.2) is 0 Å². The number of hydrogen-bond acceptors (Lipinski definition) is 7. The molecule has 2 aliphatic rings. The van der Waals surface area contributed by atoms with Gasteiger partial charge in [-0.1, -0.05) is 154 Å². The van der Waals surface area contributed by atoms with E-state index in [4.69, 9.17) is 18.9 Å². The van der Waals surface area contributed by atoms with Gasteiger partial charge in [-0.05, 0) is 76.3 Å². The summed E-state index contributed by atoms with van der Waals surface area (Å²) < 4.78 is 30.0. The molecule has 334 valence electrons. The Kier molecular flexibility index (Phi) is 17.4. The molecule has 3 heterocycles. The van der Waals surface area contributed by atoms with Crippen molar-refractivity contribution in [2.45, 2.75) is 194 Å². The highest BCUT2D eigenvalue weighted by Gasteiger charge is 2.51. The second-order valence-corrected chi connectivity index (χ2v) is 20.9. The summed E-state index contributed by atoms with van der Waals surface area (Å²) in [5.74, 6) is -1.81. The lowest BCUT2D eigenvalue weighted by atomic mass is 9.93. The first kappa shape index (κ1) is 46.9. The fourth-order valence-electron chi connectivity index (χ4n) is 10.3. The Bertz CT molecular complexity index is 2120. The highest BCUT2D eigenvalue weighted by molar-refractivity contribution is 7.30. The van der Waals surface area contributed by atoms with Crippen LogP contribution in [0.4, 0.5) is 0 Å². The second kappa shape index (κ2) is 22.7. The van der Waals surface area contributed by atoms with Gasteiger partial charge in [0.25, 0.3) is 0 Å². The van der Waals surface area contributed by atoms with E-state index in [1.807, 2.05) is 34.0 Å². The van der Waals surface area contributed by atoms with Crippen molar-refractivity contribution in [3.05, 3.63) is 68.4 Å². The molecule has 0 spiro atoms. The molecule has 0 atom stereocenters. The maximum Gasteiger partial charge on any atom is 0.225 e. The van der Waals surface area contributed by atoms with Crippen LogP contribution in [-0.2, 0) is 43.4 Å². The summed E-state index contributed by atoms with van der Waals surface area (Å²) in [6.45, 7) is 15.3. The third-order valence-electron chi connectivity index (χ3n) is 13.2. The highest BCUT2D eigenvalue weighted by Crippen LogP contribution is 2.62. The maximum atomic E-state index is 6.87. The van der Waals surface area contributed by atoms with Gasteiger partial charge < -0.3 is 18.9 Å². The fourth-order valence-corrected chi connectivity index (χ4v) is 14.5. The monoisotopic (exact) mass is 884 g/mol. The molecular weight excluding hydrogens is 809 g/mol. The minimum Gasteiger partial charge on any atom is -0.342 e. The molecule has 0 bridgehead atoms. The molecule has 4 nitrogen and oxygen atoms in total. The molecule has 0 saturated heterocycles. The highest BCUT2D eigenvalue weighted by atomic mass is 32.1. The quantitative estimate of drug-likeness (QED) is 0.0340. The van der Waals surface area contributed by atoms with Gasteiger partial charge in [0, 0.05) is 78.5 Å². The first-order chi connectivity index (χ1) is 30.0. The van der Waals surface area contributed by atoms with Crippen LogP contribution in [0.2, 0.25) is 0 Å². The molecule has 7 heteroatoms. The van der Waals surface area contributed by atoms with E-state index in [9.17, 15) is 0 Å². The van der Waals surface area contributed by atoms with E-state index in [0.717, 1.165) is 24.0 Å². The lowest BCUT2D eigenvalue weighted by Crippen LogP contribution is -2.32. The number of aryl methyl sites for hydroxylation is 2. The van der Waals surface area contributed by atoms with E-state index in [0.29, 0.717) is 26.4 Å². The fraction of sp³-hybridized carbons (Fsp3) is 0.630. The molecule has 61 heavy (non-hydrogen) atoms. The van der Waals surface area contributed by atoms with Gasteiger partial charge in [-0.15, -0.1) is 34.0 Å². The van der Waals surface area contributed by atoms with Gasteiger partial charge in [-0.25, -0.2) is 0 Å². The SMILES string of the molecule is CCCCCCCCCCCCc1cc2c(s1)-c1c(ccc3c4c(ccc13)C(OCC)(OCC)c1c-4sc3cc(CCCCCCCCCCCC)sc13)C2(OCC)OCC. The smallest absolute Gasteiger partial charge is 0.225 e. The molecule has 0 unspecified atom stereocenters. The van der Waals surface area contributed by atoms with Crippen LogP contribution in [0.15, 0.2) is 36.4 Å². The van der Waals surface area contributed by atoms with Gasteiger partial charge in [-0.3, -0.25) is 0 Å². The first-order valence-electron chi connectivity index (χ1n) is 24.9. The summed E-state index contributed by atoms with van der Waals surface area (Å²) in [6.07, 6.45) is 29.5. The largest absolute Gasteiger partial charge is 0.342 e. The lowest BCUT2D eigenvalue weighted by Gasteiger charge is -2.31. The summed E-state index contributed by atoms with van der Waals surface area (Å²) in [7, 11) is 0. The normalized spacial score (nSPS) is 14.7. The first-order valence-corrected chi connectivity index (χ1v) is 27.3. The van der Waals surface area contributed by atoms with Gasteiger partial charge >= 0.3 is 0 Å². The Hall–Kier alpha value is -2.10. The van der Waals surface area contributed by atoms with Crippen molar-refractivity contribution < 1.29 is 18.9 Å². The van der Waals surface area contributed by atoms with Gasteiger partial charge in [0.2, 0.25) is 11.6 Å². The average molecular weight is 885 g/mol. The van der Waals surface area contributed by atoms with Crippen LogP contribution in [0.1, 0.15) is 202 Å². The molecule has 2 aromatic carbocycles. The molecule has 3 aromatic heterocycles. The second-order valence-electron chi connectivity index (χ2n) is 17.6. The predicted octanol–water partition coefficient (Wildman–Crippen LogP) is 17.6. The standard InChI is InChI=1S/C54H76O4S3/c1-7-13-15-17-19-21-23-25-27-29-31-39-37-45-50(59-39)47-41-34-36-44-48(42(41)33-35-43(47)53(45,55-9-3)56-10-4)52-49(54(44,57-11-5)58-12-6)51-46(61-52)38-40(60-51)32-30-28-26-24-22-20-18-16-14-8-2/h33-38H,7-32H2,1-6H3. The number of fused-ring (bicyclic) bond motifs is 11. The summed E-state index contributed by atoms with van der Waals surface area (Å²) in [4.78, 5) is 5.55. The molecule has 0 amide bonds. The minimum absolute atomic E-state index is 0.570. The van der Waals surface area contributed by atoms with Crippen molar-refractivity contribution in [3.63, 3.8) is 0 Å². The van der Waals surface area contributed by atoms with Crippen LogP contribution in [-0.4, -0.2) is 26.4 Å². The van der Waals surface area contributed by atoms with Gasteiger partial charge in [0.05, 0.1) is 10.3 Å². The zero-order valence-corrected chi connectivity index (χ0v) is 41.2. The van der Waals surface area contributed by atoms with Crippen LogP contribution in [0.25, 0.3) is 41.1 Å². The third kappa shape index (κ3) is 9.80.